The molecule has 0 spiro atoms. The number of hydrogen-bond donors (Lipinski definition) is 0. The molecule has 35 heavy (non-hydrogen) atoms. The highest BCUT2D eigenvalue weighted by Gasteiger charge is 2.31. The van der Waals surface area contributed by atoms with E-state index in [4.69, 9.17) is 9.47 Å². The number of amides is 3. The molecule has 2 heterocycles. The van der Waals surface area contributed by atoms with Crippen molar-refractivity contribution < 1.29 is 23.9 Å². The molecule has 194 valence electrons. The maximum absolute atomic E-state index is 13.8. The quantitative estimate of drug-likeness (QED) is 0.652. The highest BCUT2D eigenvalue weighted by Crippen LogP contribution is 2.26. The van der Waals surface area contributed by atoms with Crippen LogP contribution in [0.15, 0.2) is 24.3 Å². The first-order valence-corrected chi connectivity index (χ1v) is 12.9. The van der Waals surface area contributed by atoms with E-state index in [0.29, 0.717) is 45.9 Å². The Morgan fingerprint density at radius 1 is 1.00 bits per heavy atom. The van der Waals surface area contributed by atoms with Crippen molar-refractivity contribution in [3.63, 3.8) is 0 Å². The zero-order chi connectivity index (χ0) is 25.2. The second-order valence-corrected chi connectivity index (χ2v) is 9.85. The lowest BCUT2D eigenvalue weighted by Gasteiger charge is -2.32. The number of benzene rings is 1. The minimum Gasteiger partial charge on any atom is -0.379 e. The van der Waals surface area contributed by atoms with Crippen molar-refractivity contribution >= 4 is 23.4 Å². The number of carbonyl (C=O) groups is 3. The Morgan fingerprint density at radius 2 is 1.71 bits per heavy atom. The summed E-state index contributed by atoms with van der Waals surface area (Å²) in [6.45, 7) is 7.12. The van der Waals surface area contributed by atoms with Crippen LogP contribution in [0, 0.1) is 11.8 Å². The second kappa shape index (κ2) is 13.6. The van der Waals surface area contributed by atoms with Crippen LogP contribution in [0.4, 0.5) is 5.69 Å². The summed E-state index contributed by atoms with van der Waals surface area (Å²) < 4.78 is 10.7. The fraction of sp³-hybridized carbons (Fsp3) is 0.667. The molecule has 0 saturated carbocycles. The number of nitrogens with zero attached hydrogens (tertiary/aromatic N) is 3. The van der Waals surface area contributed by atoms with Gasteiger partial charge in [0.1, 0.15) is 6.61 Å². The molecule has 0 radical (unpaired) electrons. The smallest absolute Gasteiger partial charge is 0.248 e. The van der Waals surface area contributed by atoms with Crippen LogP contribution in [0.5, 0.6) is 0 Å². The van der Waals surface area contributed by atoms with Crippen molar-refractivity contribution in [1.29, 1.82) is 0 Å². The molecule has 1 aromatic rings. The number of para-hydroxylation sites is 1. The zero-order valence-electron chi connectivity index (χ0n) is 21.5. The normalized spacial score (nSPS) is 20.5. The molecular formula is C27H41N3O5. The molecule has 1 atom stereocenters. The molecule has 3 rings (SSSR count). The maximum Gasteiger partial charge on any atom is 0.248 e. The third-order valence-corrected chi connectivity index (χ3v) is 6.76. The van der Waals surface area contributed by atoms with Crippen LogP contribution in [0.1, 0.15) is 51.5 Å². The molecule has 2 aliphatic heterocycles. The van der Waals surface area contributed by atoms with Crippen LogP contribution >= 0.6 is 0 Å². The molecule has 3 amide bonds. The van der Waals surface area contributed by atoms with E-state index in [9.17, 15) is 14.4 Å². The molecule has 0 aliphatic carbocycles. The van der Waals surface area contributed by atoms with Gasteiger partial charge >= 0.3 is 0 Å². The van der Waals surface area contributed by atoms with Gasteiger partial charge in [-0.1, -0.05) is 51.3 Å². The molecular weight excluding hydrogens is 446 g/mol. The Kier molecular flexibility index (Phi) is 10.5. The molecule has 1 aromatic carbocycles. The molecule has 8 heteroatoms. The molecule has 1 saturated heterocycles. The van der Waals surface area contributed by atoms with Gasteiger partial charge in [-0.15, -0.1) is 0 Å². The van der Waals surface area contributed by atoms with Crippen LogP contribution < -0.4 is 4.90 Å². The maximum atomic E-state index is 13.8. The molecule has 2 aliphatic rings. The van der Waals surface area contributed by atoms with Crippen LogP contribution in [-0.2, 0) is 30.4 Å². The van der Waals surface area contributed by atoms with Gasteiger partial charge in [0.2, 0.25) is 17.7 Å². The highest BCUT2D eigenvalue weighted by molar-refractivity contribution is 5.95. The van der Waals surface area contributed by atoms with Crippen molar-refractivity contribution in [3.05, 3.63) is 29.8 Å². The van der Waals surface area contributed by atoms with Gasteiger partial charge in [-0.2, -0.15) is 0 Å². The summed E-state index contributed by atoms with van der Waals surface area (Å²) in [4.78, 5) is 44.8. The standard InChI is InChI=1S/C27H41N3O5/c1-21(2)26(32)30-14-10-6-4-5-9-13-29(17-22-11-7-8-12-24(22)30)27(33)23-18-28(15-16-35-19-23)25(31)20-34-3/h7-8,11-12,21,23H,4-6,9-10,13-20H2,1-3H3. The summed E-state index contributed by atoms with van der Waals surface area (Å²) in [5.74, 6) is -0.551. The van der Waals surface area contributed by atoms with Crippen LogP contribution in [0.2, 0.25) is 0 Å². The topological polar surface area (TPSA) is 79.4 Å². The van der Waals surface area contributed by atoms with Crippen LogP contribution in [-0.4, -0.2) is 80.6 Å². The number of anilines is 1. The van der Waals surface area contributed by atoms with E-state index in [1.807, 2.05) is 47.9 Å². The van der Waals surface area contributed by atoms with Gasteiger partial charge < -0.3 is 24.2 Å². The molecule has 8 nitrogen and oxygen atoms in total. The monoisotopic (exact) mass is 487 g/mol. The number of fused-ring (bicyclic) bond motifs is 1. The van der Waals surface area contributed by atoms with Crippen molar-refractivity contribution in [1.82, 2.24) is 9.80 Å². The average molecular weight is 488 g/mol. The summed E-state index contributed by atoms with van der Waals surface area (Å²) in [7, 11) is 1.50. The molecule has 0 bridgehead atoms. The van der Waals surface area contributed by atoms with Crippen LogP contribution in [0.25, 0.3) is 0 Å². The first-order chi connectivity index (χ1) is 16.9. The summed E-state index contributed by atoms with van der Waals surface area (Å²) in [5, 5.41) is 0. The predicted octanol–water partition coefficient (Wildman–Crippen LogP) is 3.09. The van der Waals surface area contributed by atoms with E-state index in [-0.39, 0.29) is 30.2 Å². The molecule has 1 fully saturated rings. The molecule has 1 unspecified atom stereocenters. The summed E-state index contributed by atoms with van der Waals surface area (Å²) in [6, 6.07) is 7.92. The molecule has 0 N–H and O–H groups in total. The van der Waals surface area contributed by atoms with E-state index in [0.717, 1.165) is 43.4 Å². The highest BCUT2D eigenvalue weighted by atomic mass is 16.5. The Hall–Kier alpha value is -2.45. The third kappa shape index (κ3) is 7.51. The second-order valence-electron chi connectivity index (χ2n) is 9.85. The van der Waals surface area contributed by atoms with E-state index in [2.05, 4.69) is 0 Å². The van der Waals surface area contributed by atoms with Gasteiger partial charge in [-0.25, -0.2) is 0 Å². The fourth-order valence-electron chi connectivity index (χ4n) is 4.80. The van der Waals surface area contributed by atoms with E-state index in [1.165, 1.54) is 7.11 Å². The number of methoxy groups -OCH3 is 1. The Bertz CT molecular complexity index is 859. The average Bonchev–Trinajstić information content (AvgIpc) is 3.10. The first kappa shape index (κ1) is 27.1. The zero-order valence-corrected chi connectivity index (χ0v) is 21.5. The first-order valence-electron chi connectivity index (χ1n) is 12.9. The fourth-order valence-corrected chi connectivity index (χ4v) is 4.80. The van der Waals surface area contributed by atoms with Crippen molar-refractivity contribution in [3.8, 4) is 0 Å². The van der Waals surface area contributed by atoms with Gasteiger partial charge in [0.05, 0.1) is 19.1 Å². The lowest BCUT2D eigenvalue weighted by atomic mass is 10.0. The Balaban J connectivity index is 1.86. The van der Waals surface area contributed by atoms with E-state index < -0.39 is 5.92 Å². The van der Waals surface area contributed by atoms with Crippen LogP contribution in [0.3, 0.4) is 0 Å². The lowest BCUT2D eigenvalue weighted by molar-refractivity contribution is -0.140. The van der Waals surface area contributed by atoms with Gasteiger partial charge in [-0.3, -0.25) is 14.4 Å². The van der Waals surface area contributed by atoms with Gasteiger partial charge in [0.25, 0.3) is 0 Å². The van der Waals surface area contributed by atoms with Gasteiger partial charge in [-0.05, 0) is 24.5 Å². The van der Waals surface area contributed by atoms with Gasteiger partial charge in [0.15, 0.2) is 0 Å². The van der Waals surface area contributed by atoms with Crippen molar-refractivity contribution in [2.75, 3.05) is 58.0 Å². The van der Waals surface area contributed by atoms with Crippen molar-refractivity contribution in [2.45, 2.75) is 52.5 Å². The minimum absolute atomic E-state index is 0.00227. The summed E-state index contributed by atoms with van der Waals surface area (Å²) in [6.07, 6.45) is 5.09. The number of hydrogen-bond acceptors (Lipinski definition) is 5. The minimum atomic E-state index is -0.424. The summed E-state index contributed by atoms with van der Waals surface area (Å²) in [5.41, 5.74) is 1.86. The Morgan fingerprint density at radius 3 is 2.46 bits per heavy atom. The number of carbonyl (C=O) groups excluding carboxylic acids is 3. The van der Waals surface area contributed by atoms with Crippen molar-refractivity contribution in [2.24, 2.45) is 11.8 Å². The largest absolute Gasteiger partial charge is 0.379 e. The van der Waals surface area contributed by atoms with Gasteiger partial charge in [0, 0.05) is 51.4 Å². The van der Waals surface area contributed by atoms with E-state index in [1.54, 1.807) is 4.90 Å². The predicted molar refractivity (Wildman–Crippen MR) is 135 cm³/mol. The summed E-state index contributed by atoms with van der Waals surface area (Å²) >= 11 is 0. The molecule has 0 aromatic heterocycles. The third-order valence-electron chi connectivity index (χ3n) is 6.76. The Labute approximate surface area is 209 Å². The number of ether oxygens (including phenoxy) is 2. The number of rotatable bonds is 4. The SMILES string of the molecule is COCC(=O)N1CCOCC(C(=O)N2CCCCCCCN(C(=O)C(C)C)c3ccccc3C2)C1. The lowest BCUT2D eigenvalue weighted by Crippen LogP contribution is -2.45. The van der Waals surface area contributed by atoms with E-state index >= 15 is 0 Å².